The van der Waals surface area contributed by atoms with Crippen molar-refractivity contribution in [3.8, 4) is 0 Å². The molecule has 0 heterocycles. The monoisotopic (exact) mass is 254 g/mol. The zero-order valence-corrected chi connectivity index (χ0v) is 8.65. The molecule has 1 aromatic carbocycles. The molecule has 0 bridgehead atoms. The molecule has 0 atom stereocenters. The summed E-state index contributed by atoms with van der Waals surface area (Å²) < 4.78 is 0. The van der Waals surface area contributed by atoms with Crippen LogP contribution in [0.25, 0.3) is 0 Å². The van der Waals surface area contributed by atoms with E-state index in [1.165, 1.54) is 0 Å². The lowest BCUT2D eigenvalue weighted by Crippen LogP contribution is -2.31. The summed E-state index contributed by atoms with van der Waals surface area (Å²) in [5.74, 6) is 3.74. The molecule has 0 saturated heterocycles. The summed E-state index contributed by atoms with van der Waals surface area (Å²) in [5.41, 5.74) is -1.02. The Morgan fingerprint density at radius 1 is 1.28 bits per heavy atom. The second-order valence-corrected chi connectivity index (χ2v) is 3.03. The number of nitrogen functional groups attached to an aromatic ring is 1. The van der Waals surface area contributed by atoms with Gasteiger partial charge in [0, 0.05) is 11.6 Å². The number of hydrogen-bond acceptors (Lipinski definition) is 7. The first-order chi connectivity index (χ1) is 8.42. The number of nitrogens with one attached hydrogen (secondary N) is 1. The number of nitro groups is 2. The average molecular weight is 254 g/mol. The summed E-state index contributed by atoms with van der Waals surface area (Å²) in [7, 11) is 0. The van der Waals surface area contributed by atoms with Crippen LogP contribution in [0, 0.1) is 20.2 Å². The topological polar surface area (TPSA) is 158 Å². The highest BCUT2D eigenvalue weighted by atomic mass is 16.6. The van der Waals surface area contributed by atoms with Gasteiger partial charge in [0.05, 0.1) is 15.9 Å². The fraction of sp³-hybridized carbons (Fsp3) is 0. The predicted octanol–water partition coefficient (Wildman–Crippen LogP) is -0.0810. The largest absolute Gasteiger partial charge is 0.298 e. The van der Waals surface area contributed by atoms with Gasteiger partial charge in [-0.1, -0.05) is 0 Å². The Morgan fingerprint density at radius 2 is 1.89 bits per heavy atom. The maximum Gasteiger partial charge on any atom is 0.289 e. The molecule has 1 aromatic rings. The fourth-order valence-corrected chi connectivity index (χ4v) is 1.30. The molecular weight excluding hydrogens is 248 g/mol. The van der Waals surface area contributed by atoms with E-state index in [4.69, 9.17) is 5.84 Å². The van der Waals surface area contributed by atoms with Crippen molar-refractivity contribution < 1.29 is 19.4 Å². The Kier molecular flexibility index (Phi) is 3.64. The van der Waals surface area contributed by atoms with Crippen molar-refractivity contribution in [2.24, 2.45) is 5.84 Å². The third-order valence-electron chi connectivity index (χ3n) is 2.03. The summed E-state index contributed by atoms with van der Waals surface area (Å²) in [6.07, 6.45) is 0.102. The number of amides is 1. The van der Waals surface area contributed by atoms with Crippen molar-refractivity contribution in [2.75, 3.05) is 0 Å². The van der Waals surface area contributed by atoms with Crippen LogP contribution in [0.5, 0.6) is 0 Å². The lowest BCUT2D eigenvalue weighted by atomic mass is 10.0. The normalized spacial score (nSPS) is 9.61. The number of carbonyl (C=O) groups is 2. The molecule has 18 heavy (non-hydrogen) atoms. The minimum absolute atomic E-state index is 0.102. The van der Waals surface area contributed by atoms with Gasteiger partial charge in [0.1, 0.15) is 5.56 Å². The van der Waals surface area contributed by atoms with Crippen LogP contribution >= 0.6 is 0 Å². The number of carbonyl (C=O) groups excluding carboxylic acids is 2. The van der Waals surface area contributed by atoms with Crippen LogP contribution in [-0.4, -0.2) is 22.0 Å². The van der Waals surface area contributed by atoms with E-state index < -0.39 is 38.3 Å². The molecule has 0 aromatic heterocycles. The van der Waals surface area contributed by atoms with Gasteiger partial charge < -0.3 is 0 Å². The van der Waals surface area contributed by atoms with E-state index in [1.807, 2.05) is 0 Å². The van der Waals surface area contributed by atoms with E-state index in [-0.39, 0.29) is 6.29 Å². The van der Waals surface area contributed by atoms with Crippen molar-refractivity contribution >= 4 is 23.6 Å². The zero-order valence-electron chi connectivity index (χ0n) is 8.65. The van der Waals surface area contributed by atoms with Crippen molar-refractivity contribution in [3.05, 3.63) is 43.5 Å². The molecule has 0 unspecified atom stereocenters. The maximum absolute atomic E-state index is 11.3. The molecule has 10 nitrogen and oxygen atoms in total. The highest BCUT2D eigenvalue weighted by Crippen LogP contribution is 2.27. The van der Waals surface area contributed by atoms with Crippen LogP contribution in [0.1, 0.15) is 20.7 Å². The van der Waals surface area contributed by atoms with Gasteiger partial charge in [-0.3, -0.25) is 35.2 Å². The van der Waals surface area contributed by atoms with Gasteiger partial charge in [0.25, 0.3) is 17.3 Å². The van der Waals surface area contributed by atoms with Crippen LogP contribution in [0.15, 0.2) is 12.1 Å². The molecular formula is C8H6N4O6. The lowest BCUT2D eigenvalue weighted by molar-refractivity contribution is -0.394. The number of rotatable bonds is 4. The molecule has 0 aliphatic carbocycles. The van der Waals surface area contributed by atoms with Gasteiger partial charge in [-0.05, 0) is 0 Å². The highest BCUT2D eigenvalue weighted by molar-refractivity contribution is 6.05. The number of nitro benzene ring substituents is 2. The summed E-state index contributed by atoms with van der Waals surface area (Å²) >= 11 is 0. The van der Waals surface area contributed by atoms with Gasteiger partial charge in [-0.25, -0.2) is 5.84 Å². The summed E-state index contributed by atoms with van der Waals surface area (Å²) in [6, 6.07) is 1.34. The molecule has 1 rings (SSSR count). The van der Waals surface area contributed by atoms with E-state index in [0.29, 0.717) is 6.07 Å². The molecule has 10 heteroatoms. The first-order valence-electron chi connectivity index (χ1n) is 4.35. The first-order valence-corrected chi connectivity index (χ1v) is 4.35. The maximum atomic E-state index is 11.3. The van der Waals surface area contributed by atoms with Gasteiger partial charge in [0.2, 0.25) is 0 Å². The summed E-state index contributed by atoms with van der Waals surface area (Å²) in [4.78, 5) is 41.4. The van der Waals surface area contributed by atoms with Gasteiger partial charge >= 0.3 is 0 Å². The Balaban J connectivity index is 3.66. The summed E-state index contributed by atoms with van der Waals surface area (Å²) in [6.45, 7) is 0. The minimum atomic E-state index is -1.08. The smallest absolute Gasteiger partial charge is 0.289 e. The second-order valence-electron chi connectivity index (χ2n) is 3.03. The van der Waals surface area contributed by atoms with E-state index in [0.717, 1.165) is 6.07 Å². The molecule has 0 radical (unpaired) electrons. The molecule has 0 aliphatic rings. The SMILES string of the molecule is NNC(=O)c1c(C=O)cc([N+](=O)[O-])cc1[N+](=O)[O-]. The van der Waals surface area contributed by atoms with Crippen LogP contribution in [0.2, 0.25) is 0 Å². The molecule has 0 saturated carbocycles. The van der Waals surface area contributed by atoms with Crippen molar-refractivity contribution in [2.45, 2.75) is 0 Å². The Hall–Kier alpha value is -2.88. The fourth-order valence-electron chi connectivity index (χ4n) is 1.30. The summed E-state index contributed by atoms with van der Waals surface area (Å²) in [5, 5.41) is 21.3. The van der Waals surface area contributed by atoms with Crippen molar-refractivity contribution in [1.82, 2.24) is 5.43 Å². The second kappa shape index (κ2) is 4.97. The molecule has 0 fully saturated rings. The van der Waals surface area contributed by atoms with E-state index in [9.17, 15) is 29.8 Å². The first kappa shape index (κ1) is 13.2. The number of nitrogens with two attached hydrogens (primary N) is 1. The van der Waals surface area contributed by atoms with Gasteiger partial charge in [-0.2, -0.15) is 0 Å². The number of hydrazine groups is 1. The minimum Gasteiger partial charge on any atom is -0.298 e. The van der Waals surface area contributed by atoms with Crippen LogP contribution < -0.4 is 11.3 Å². The van der Waals surface area contributed by atoms with Crippen LogP contribution in [0.4, 0.5) is 11.4 Å². The molecule has 3 N–H and O–H groups in total. The van der Waals surface area contributed by atoms with Crippen molar-refractivity contribution in [1.29, 1.82) is 0 Å². The zero-order chi connectivity index (χ0) is 13.9. The number of non-ortho nitro benzene ring substituents is 1. The number of benzene rings is 1. The van der Waals surface area contributed by atoms with Gasteiger partial charge in [0.15, 0.2) is 6.29 Å². The molecule has 0 aliphatic heterocycles. The van der Waals surface area contributed by atoms with E-state index >= 15 is 0 Å². The number of hydrogen-bond donors (Lipinski definition) is 2. The lowest BCUT2D eigenvalue weighted by Gasteiger charge is -2.04. The van der Waals surface area contributed by atoms with Gasteiger partial charge in [-0.15, -0.1) is 0 Å². The van der Waals surface area contributed by atoms with E-state index in [2.05, 4.69) is 0 Å². The molecule has 1 amide bonds. The Labute approximate surface area is 98.7 Å². The Morgan fingerprint density at radius 3 is 2.28 bits per heavy atom. The van der Waals surface area contributed by atoms with Crippen LogP contribution in [0.3, 0.4) is 0 Å². The number of aldehydes is 1. The number of nitrogens with zero attached hydrogens (tertiary/aromatic N) is 2. The average Bonchev–Trinajstić information content (AvgIpc) is 2.35. The quantitative estimate of drug-likeness (QED) is 0.250. The van der Waals surface area contributed by atoms with Crippen LogP contribution in [-0.2, 0) is 0 Å². The molecule has 0 spiro atoms. The molecule has 94 valence electrons. The standard InChI is InChI=1S/C8H6N4O6/c9-10-8(14)7-4(3-13)1-5(11(15)16)2-6(7)12(17)18/h1-3H,9H2,(H,10,14). The predicted molar refractivity (Wildman–Crippen MR) is 56.8 cm³/mol. The van der Waals surface area contributed by atoms with E-state index in [1.54, 1.807) is 5.43 Å². The Bertz CT molecular complexity index is 555. The third-order valence-corrected chi connectivity index (χ3v) is 2.03. The highest BCUT2D eigenvalue weighted by Gasteiger charge is 2.28. The third kappa shape index (κ3) is 2.27. The van der Waals surface area contributed by atoms with Crippen molar-refractivity contribution in [3.63, 3.8) is 0 Å².